The van der Waals surface area contributed by atoms with E-state index in [1.807, 2.05) is 22.4 Å². The molecular formula is C12H11N3OS. The normalized spacial score (nSPS) is 13.8. The van der Waals surface area contributed by atoms with Crippen LogP contribution in [0.15, 0.2) is 30.0 Å². The van der Waals surface area contributed by atoms with Crippen LogP contribution in [-0.4, -0.2) is 20.8 Å². The van der Waals surface area contributed by atoms with Crippen LogP contribution in [0.25, 0.3) is 0 Å². The van der Waals surface area contributed by atoms with E-state index in [2.05, 4.69) is 9.97 Å². The molecule has 17 heavy (non-hydrogen) atoms. The average Bonchev–Trinajstić information content (AvgIpc) is 2.96. The highest BCUT2D eigenvalue weighted by molar-refractivity contribution is 7.10. The number of thiophene rings is 1. The van der Waals surface area contributed by atoms with Crippen LogP contribution in [0.3, 0.4) is 0 Å². The van der Waals surface area contributed by atoms with Crippen molar-refractivity contribution in [3.63, 3.8) is 0 Å². The van der Waals surface area contributed by atoms with E-state index in [9.17, 15) is 4.79 Å². The van der Waals surface area contributed by atoms with Gasteiger partial charge in [-0.05, 0) is 11.4 Å². The summed E-state index contributed by atoms with van der Waals surface area (Å²) in [5, 5.41) is 1.99. The maximum Gasteiger partial charge on any atom is 0.228 e. The number of rotatable bonds is 2. The van der Waals surface area contributed by atoms with Gasteiger partial charge >= 0.3 is 0 Å². The molecule has 0 spiro atoms. The summed E-state index contributed by atoms with van der Waals surface area (Å²) in [4.78, 5) is 23.2. The van der Waals surface area contributed by atoms with Crippen LogP contribution >= 0.6 is 11.3 Å². The zero-order valence-electron chi connectivity index (χ0n) is 9.17. The largest absolute Gasteiger partial charge is 0.332 e. The summed E-state index contributed by atoms with van der Waals surface area (Å²) in [5.41, 5.74) is 2.03. The molecule has 1 aliphatic rings. The van der Waals surface area contributed by atoms with Gasteiger partial charge in [0.2, 0.25) is 5.91 Å². The van der Waals surface area contributed by atoms with Gasteiger partial charge in [-0.15, -0.1) is 11.3 Å². The molecule has 0 saturated heterocycles. The fourth-order valence-electron chi connectivity index (χ4n) is 1.95. The summed E-state index contributed by atoms with van der Waals surface area (Å²) >= 11 is 1.62. The number of hydrogen-bond donors (Lipinski definition) is 0. The van der Waals surface area contributed by atoms with Crippen molar-refractivity contribution in [3.05, 3.63) is 46.2 Å². The van der Waals surface area contributed by atoms with Gasteiger partial charge in [0.05, 0.1) is 18.7 Å². The molecule has 86 valence electrons. The van der Waals surface area contributed by atoms with Gasteiger partial charge in [-0.1, -0.05) is 6.07 Å². The molecule has 1 aliphatic heterocycles. The summed E-state index contributed by atoms with van der Waals surface area (Å²) in [6.07, 6.45) is 3.81. The highest BCUT2D eigenvalue weighted by Crippen LogP contribution is 2.21. The molecule has 0 atom stereocenters. The smallest absolute Gasteiger partial charge is 0.228 e. The molecular weight excluding hydrogens is 234 g/mol. The van der Waals surface area contributed by atoms with E-state index in [-0.39, 0.29) is 5.91 Å². The highest BCUT2D eigenvalue weighted by Gasteiger charge is 2.24. The monoisotopic (exact) mass is 245 g/mol. The van der Waals surface area contributed by atoms with Crippen molar-refractivity contribution in [2.75, 3.05) is 0 Å². The lowest BCUT2D eigenvalue weighted by Gasteiger charge is -2.14. The molecule has 0 fully saturated rings. The lowest BCUT2D eigenvalue weighted by Crippen LogP contribution is -2.26. The Morgan fingerprint density at radius 3 is 3.18 bits per heavy atom. The van der Waals surface area contributed by atoms with E-state index in [0.29, 0.717) is 19.5 Å². The number of carbonyl (C=O) groups is 1. The second kappa shape index (κ2) is 4.25. The second-order valence-electron chi connectivity index (χ2n) is 4.00. The van der Waals surface area contributed by atoms with Crippen LogP contribution in [0, 0.1) is 0 Å². The molecule has 3 rings (SSSR count). The van der Waals surface area contributed by atoms with E-state index in [4.69, 9.17) is 0 Å². The summed E-state index contributed by atoms with van der Waals surface area (Å²) in [7, 11) is 0. The van der Waals surface area contributed by atoms with Gasteiger partial charge in [0.1, 0.15) is 6.33 Å². The predicted molar refractivity (Wildman–Crippen MR) is 64.3 cm³/mol. The van der Waals surface area contributed by atoms with Crippen molar-refractivity contribution < 1.29 is 4.79 Å². The highest BCUT2D eigenvalue weighted by atomic mass is 32.1. The fraction of sp³-hybridized carbons (Fsp3) is 0.250. The third-order valence-corrected chi connectivity index (χ3v) is 3.72. The molecule has 0 N–H and O–H groups in total. The van der Waals surface area contributed by atoms with Gasteiger partial charge in [0.15, 0.2) is 0 Å². The minimum absolute atomic E-state index is 0.158. The standard InChI is InChI=1S/C12H11N3OS/c16-12(4-10-2-1-3-17-10)15-6-9-5-13-8-14-11(9)7-15/h1-3,5,8H,4,6-7H2. The molecule has 4 nitrogen and oxygen atoms in total. The van der Waals surface area contributed by atoms with Gasteiger partial charge in [-0.25, -0.2) is 9.97 Å². The first-order valence-corrected chi connectivity index (χ1v) is 6.29. The zero-order chi connectivity index (χ0) is 11.7. The second-order valence-corrected chi connectivity index (χ2v) is 5.03. The number of fused-ring (bicyclic) bond motifs is 1. The molecule has 0 unspecified atom stereocenters. The molecule has 1 amide bonds. The van der Waals surface area contributed by atoms with E-state index in [1.54, 1.807) is 17.5 Å². The minimum atomic E-state index is 0.158. The van der Waals surface area contributed by atoms with Gasteiger partial charge in [-0.2, -0.15) is 0 Å². The van der Waals surface area contributed by atoms with E-state index < -0.39 is 0 Å². The Morgan fingerprint density at radius 1 is 1.47 bits per heavy atom. The topological polar surface area (TPSA) is 46.1 Å². The van der Waals surface area contributed by atoms with Gasteiger partial charge in [0.25, 0.3) is 0 Å². The Balaban J connectivity index is 1.70. The van der Waals surface area contributed by atoms with Gasteiger partial charge in [0, 0.05) is 23.2 Å². The molecule has 0 saturated carbocycles. The molecule has 0 bridgehead atoms. The molecule has 3 heterocycles. The Morgan fingerprint density at radius 2 is 2.41 bits per heavy atom. The quantitative estimate of drug-likeness (QED) is 0.807. The Bertz CT molecular complexity index is 513. The van der Waals surface area contributed by atoms with E-state index >= 15 is 0 Å². The maximum atomic E-state index is 12.1. The van der Waals surface area contributed by atoms with Crippen molar-refractivity contribution in [1.82, 2.24) is 14.9 Å². The van der Waals surface area contributed by atoms with Crippen molar-refractivity contribution in [1.29, 1.82) is 0 Å². The fourth-order valence-corrected chi connectivity index (χ4v) is 2.65. The number of carbonyl (C=O) groups excluding carboxylic acids is 1. The maximum absolute atomic E-state index is 12.1. The SMILES string of the molecule is O=C(Cc1cccs1)N1Cc2cncnc2C1. The van der Waals surface area contributed by atoms with Gasteiger partial charge in [-0.3, -0.25) is 4.79 Å². The summed E-state index contributed by atoms with van der Waals surface area (Å²) < 4.78 is 0. The summed E-state index contributed by atoms with van der Waals surface area (Å²) in [5.74, 6) is 0.158. The average molecular weight is 245 g/mol. The Labute approximate surface area is 103 Å². The number of amides is 1. The van der Waals surface area contributed by atoms with Crippen LogP contribution in [0.4, 0.5) is 0 Å². The zero-order valence-corrected chi connectivity index (χ0v) is 9.98. The molecule has 2 aromatic heterocycles. The Kier molecular flexibility index (Phi) is 2.60. The lowest BCUT2D eigenvalue weighted by atomic mass is 10.3. The first-order valence-electron chi connectivity index (χ1n) is 5.41. The third kappa shape index (κ3) is 2.06. The number of hydrogen-bond acceptors (Lipinski definition) is 4. The van der Waals surface area contributed by atoms with Gasteiger partial charge < -0.3 is 4.90 Å². The first kappa shape index (κ1) is 10.4. The van der Waals surface area contributed by atoms with Crippen LogP contribution < -0.4 is 0 Å². The summed E-state index contributed by atoms with van der Waals surface area (Å²) in [6.45, 7) is 1.25. The van der Waals surface area contributed by atoms with E-state index in [0.717, 1.165) is 16.1 Å². The van der Waals surface area contributed by atoms with Crippen molar-refractivity contribution in [2.24, 2.45) is 0 Å². The number of aromatic nitrogens is 2. The van der Waals surface area contributed by atoms with Crippen LogP contribution in [0.5, 0.6) is 0 Å². The van der Waals surface area contributed by atoms with Crippen molar-refractivity contribution >= 4 is 17.2 Å². The summed E-state index contributed by atoms with van der Waals surface area (Å²) in [6, 6.07) is 3.96. The van der Waals surface area contributed by atoms with Crippen LogP contribution in [-0.2, 0) is 24.3 Å². The molecule has 0 radical (unpaired) electrons. The number of nitrogens with zero attached hydrogens (tertiary/aromatic N) is 3. The van der Waals surface area contributed by atoms with Crippen molar-refractivity contribution in [2.45, 2.75) is 19.5 Å². The van der Waals surface area contributed by atoms with Crippen LogP contribution in [0.2, 0.25) is 0 Å². The lowest BCUT2D eigenvalue weighted by molar-refractivity contribution is -0.131. The third-order valence-electron chi connectivity index (χ3n) is 2.84. The van der Waals surface area contributed by atoms with Crippen LogP contribution in [0.1, 0.15) is 16.1 Å². The Hall–Kier alpha value is -1.75. The first-order chi connectivity index (χ1) is 8.33. The molecule has 0 aliphatic carbocycles. The molecule has 5 heteroatoms. The molecule has 0 aromatic carbocycles. The van der Waals surface area contributed by atoms with E-state index in [1.165, 1.54) is 6.33 Å². The predicted octanol–water partition coefficient (Wildman–Crippen LogP) is 1.62. The minimum Gasteiger partial charge on any atom is -0.332 e. The molecule has 2 aromatic rings. The van der Waals surface area contributed by atoms with Crippen molar-refractivity contribution in [3.8, 4) is 0 Å².